The molecule has 0 radical (unpaired) electrons. The molecule has 0 spiro atoms. The Morgan fingerprint density at radius 1 is 1.35 bits per heavy atom. The number of hydrogen-bond donors (Lipinski definition) is 1. The number of rotatable bonds is 6. The molecule has 2 rings (SSSR count). The summed E-state index contributed by atoms with van der Waals surface area (Å²) in [5.74, 6) is 0.117. The van der Waals surface area contributed by atoms with E-state index in [1.54, 1.807) is 7.11 Å². The van der Waals surface area contributed by atoms with Gasteiger partial charge in [0.2, 0.25) is 5.91 Å². The Bertz CT molecular complexity index is 497. The Kier molecular flexibility index (Phi) is 5.15. The maximum Gasteiger partial charge on any atom is 0.224 e. The number of methoxy groups -OCH3 is 1. The second-order valence-electron chi connectivity index (χ2n) is 5.14. The van der Waals surface area contributed by atoms with E-state index in [1.165, 1.54) is 22.3 Å². The van der Waals surface area contributed by atoms with Crippen molar-refractivity contribution in [2.24, 2.45) is 0 Å². The molecule has 1 aromatic rings. The van der Waals surface area contributed by atoms with Crippen LogP contribution >= 0.6 is 0 Å². The van der Waals surface area contributed by atoms with Gasteiger partial charge in [0.25, 0.3) is 0 Å². The lowest BCUT2D eigenvalue weighted by atomic mass is 9.89. The van der Waals surface area contributed by atoms with E-state index in [-0.39, 0.29) is 5.91 Å². The highest BCUT2D eigenvalue weighted by Crippen LogP contribution is 2.32. The number of aryl methyl sites for hydroxylation is 2. The Labute approximate surface area is 120 Å². The lowest BCUT2D eigenvalue weighted by Gasteiger charge is -2.23. The molecule has 0 fully saturated rings. The zero-order chi connectivity index (χ0) is 14.5. The number of anilines is 1. The van der Waals surface area contributed by atoms with Crippen LogP contribution in [0.3, 0.4) is 0 Å². The molecule has 110 valence electrons. The van der Waals surface area contributed by atoms with E-state index in [1.807, 2.05) is 0 Å². The Morgan fingerprint density at radius 3 is 2.85 bits per heavy atom. The minimum absolute atomic E-state index is 0.117. The van der Waals surface area contributed by atoms with Crippen LogP contribution in [0.2, 0.25) is 0 Å². The molecule has 20 heavy (non-hydrogen) atoms. The van der Waals surface area contributed by atoms with Crippen molar-refractivity contribution in [2.75, 3.05) is 25.8 Å². The van der Waals surface area contributed by atoms with Gasteiger partial charge in [0.15, 0.2) is 0 Å². The molecule has 0 unspecified atom stereocenters. The van der Waals surface area contributed by atoms with Gasteiger partial charge in [-0.3, -0.25) is 4.79 Å². The second-order valence-corrected chi connectivity index (χ2v) is 5.14. The maximum atomic E-state index is 11.6. The first kappa shape index (κ1) is 15.0. The number of fused-ring (bicyclic) bond motifs is 1. The zero-order valence-electron chi connectivity index (χ0n) is 12.5. The van der Waals surface area contributed by atoms with E-state index in [2.05, 4.69) is 25.2 Å². The molecule has 0 aromatic heterocycles. The highest BCUT2D eigenvalue weighted by Gasteiger charge is 2.20. The standard InChI is InChI=1S/C16H23NO3/c1-4-12-9-13-5-6-15(18)17-16(13)11(2)14(12)7-8-20-10-19-3/h9H,4-8,10H2,1-3H3,(H,17,18). The van der Waals surface area contributed by atoms with Gasteiger partial charge in [-0.15, -0.1) is 0 Å². The minimum Gasteiger partial charge on any atom is -0.359 e. The van der Waals surface area contributed by atoms with Crippen LogP contribution in [-0.4, -0.2) is 26.4 Å². The summed E-state index contributed by atoms with van der Waals surface area (Å²) in [6.45, 7) is 5.22. The van der Waals surface area contributed by atoms with Crippen LogP contribution in [0.4, 0.5) is 5.69 Å². The Balaban J connectivity index is 2.25. The first-order valence-electron chi connectivity index (χ1n) is 7.18. The van der Waals surface area contributed by atoms with Crippen LogP contribution in [0.15, 0.2) is 6.07 Å². The zero-order valence-corrected chi connectivity index (χ0v) is 12.5. The number of carbonyl (C=O) groups excluding carboxylic acids is 1. The molecular weight excluding hydrogens is 254 g/mol. The van der Waals surface area contributed by atoms with Crippen molar-refractivity contribution in [3.05, 3.63) is 28.3 Å². The van der Waals surface area contributed by atoms with Crippen LogP contribution in [0.1, 0.15) is 35.6 Å². The highest BCUT2D eigenvalue weighted by atomic mass is 16.7. The quantitative estimate of drug-likeness (QED) is 0.642. The van der Waals surface area contributed by atoms with E-state index in [4.69, 9.17) is 9.47 Å². The van der Waals surface area contributed by atoms with Crippen LogP contribution < -0.4 is 5.32 Å². The predicted molar refractivity (Wildman–Crippen MR) is 79.0 cm³/mol. The first-order chi connectivity index (χ1) is 9.67. The lowest BCUT2D eigenvalue weighted by Crippen LogP contribution is -2.21. The number of benzene rings is 1. The van der Waals surface area contributed by atoms with Gasteiger partial charge in [0.1, 0.15) is 6.79 Å². The monoisotopic (exact) mass is 277 g/mol. The maximum absolute atomic E-state index is 11.6. The summed E-state index contributed by atoms with van der Waals surface area (Å²) >= 11 is 0. The van der Waals surface area contributed by atoms with Gasteiger partial charge >= 0.3 is 0 Å². The molecule has 1 aliphatic rings. The minimum atomic E-state index is 0.117. The van der Waals surface area contributed by atoms with E-state index >= 15 is 0 Å². The molecule has 1 aliphatic heterocycles. The SMILES string of the molecule is CCc1cc2c(c(C)c1CCOCOC)NC(=O)CC2. The molecule has 0 bridgehead atoms. The average Bonchev–Trinajstić information content (AvgIpc) is 2.45. The first-order valence-corrected chi connectivity index (χ1v) is 7.18. The second kappa shape index (κ2) is 6.86. The molecule has 4 nitrogen and oxygen atoms in total. The van der Waals surface area contributed by atoms with Crippen molar-refractivity contribution in [1.82, 2.24) is 0 Å². The van der Waals surface area contributed by atoms with Crippen LogP contribution in [-0.2, 0) is 33.5 Å². The average molecular weight is 277 g/mol. The summed E-state index contributed by atoms with van der Waals surface area (Å²) in [6.07, 6.45) is 3.28. The van der Waals surface area contributed by atoms with E-state index in [0.717, 1.165) is 24.9 Å². The van der Waals surface area contributed by atoms with Crippen LogP contribution in [0.25, 0.3) is 0 Å². The molecule has 1 N–H and O–H groups in total. The van der Waals surface area contributed by atoms with E-state index in [9.17, 15) is 4.79 Å². The Morgan fingerprint density at radius 2 is 2.15 bits per heavy atom. The van der Waals surface area contributed by atoms with E-state index < -0.39 is 0 Å². The van der Waals surface area contributed by atoms with Crippen molar-refractivity contribution in [3.8, 4) is 0 Å². The van der Waals surface area contributed by atoms with Gasteiger partial charge in [-0.1, -0.05) is 13.0 Å². The number of amides is 1. The summed E-state index contributed by atoms with van der Waals surface area (Å²) in [5.41, 5.74) is 6.12. The Hall–Kier alpha value is -1.39. The third-order valence-electron chi connectivity index (χ3n) is 3.85. The summed E-state index contributed by atoms with van der Waals surface area (Å²) < 4.78 is 10.3. The molecule has 0 saturated heterocycles. The van der Waals surface area contributed by atoms with Gasteiger partial charge < -0.3 is 14.8 Å². The molecular formula is C16H23NO3. The van der Waals surface area contributed by atoms with Crippen molar-refractivity contribution >= 4 is 11.6 Å². The van der Waals surface area contributed by atoms with Crippen molar-refractivity contribution in [1.29, 1.82) is 0 Å². The highest BCUT2D eigenvalue weighted by molar-refractivity contribution is 5.95. The largest absolute Gasteiger partial charge is 0.359 e. The van der Waals surface area contributed by atoms with Gasteiger partial charge in [-0.05, 0) is 48.4 Å². The van der Waals surface area contributed by atoms with Gasteiger partial charge in [0, 0.05) is 19.2 Å². The lowest BCUT2D eigenvalue weighted by molar-refractivity contribution is -0.116. The molecule has 0 atom stereocenters. The summed E-state index contributed by atoms with van der Waals surface area (Å²) in [5, 5.41) is 3.02. The van der Waals surface area contributed by atoms with Gasteiger partial charge in [-0.2, -0.15) is 0 Å². The smallest absolute Gasteiger partial charge is 0.224 e. The summed E-state index contributed by atoms with van der Waals surface area (Å²) in [6, 6.07) is 2.24. The summed E-state index contributed by atoms with van der Waals surface area (Å²) in [4.78, 5) is 11.6. The number of nitrogens with one attached hydrogen (secondary N) is 1. The van der Waals surface area contributed by atoms with Gasteiger partial charge in [-0.25, -0.2) is 0 Å². The molecule has 1 amide bonds. The number of ether oxygens (including phenoxy) is 2. The fraction of sp³-hybridized carbons (Fsp3) is 0.562. The third kappa shape index (κ3) is 3.19. The normalized spacial score (nSPS) is 14.1. The fourth-order valence-electron chi connectivity index (χ4n) is 2.80. The van der Waals surface area contributed by atoms with Crippen molar-refractivity contribution in [2.45, 2.75) is 39.5 Å². The molecule has 0 aliphatic carbocycles. The molecule has 4 heteroatoms. The predicted octanol–water partition coefficient (Wildman–Crippen LogP) is 2.61. The van der Waals surface area contributed by atoms with Gasteiger partial charge in [0.05, 0.1) is 6.61 Å². The molecule has 1 aromatic carbocycles. The summed E-state index contributed by atoms with van der Waals surface area (Å²) in [7, 11) is 1.62. The van der Waals surface area contributed by atoms with Crippen molar-refractivity contribution < 1.29 is 14.3 Å². The van der Waals surface area contributed by atoms with Crippen LogP contribution in [0, 0.1) is 6.92 Å². The third-order valence-corrected chi connectivity index (χ3v) is 3.85. The number of hydrogen-bond acceptors (Lipinski definition) is 3. The van der Waals surface area contributed by atoms with Crippen LogP contribution in [0.5, 0.6) is 0 Å². The molecule has 0 saturated carbocycles. The van der Waals surface area contributed by atoms with E-state index in [0.29, 0.717) is 19.8 Å². The molecule has 1 heterocycles. The van der Waals surface area contributed by atoms with Crippen molar-refractivity contribution in [3.63, 3.8) is 0 Å². The number of carbonyl (C=O) groups is 1. The topological polar surface area (TPSA) is 47.6 Å². The fourth-order valence-corrected chi connectivity index (χ4v) is 2.80.